The summed E-state index contributed by atoms with van der Waals surface area (Å²) in [5.41, 5.74) is 3.95. The molecule has 0 N–H and O–H groups in total. The number of fused-ring (bicyclic) bond motifs is 5. The Bertz CT molecular complexity index is 484. The van der Waals surface area contributed by atoms with Crippen molar-refractivity contribution in [3.05, 3.63) is 47.0 Å². The van der Waals surface area contributed by atoms with Crippen LogP contribution in [0.15, 0.2) is 35.9 Å². The lowest BCUT2D eigenvalue weighted by molar-refractivity contribution is -0.115. The Morgan fingerprint density at radius 3 is 2.82 bits per heavy atom. The first-order valence-electron chi connectivity index (χ1n) is 6.65. The molecule has 1 aromatic rings. The van der Waals surface area contributed by atoms with Crippen LogP contribution in [0.4, 0.5) is 0 Å². The molecule has 0 spiro atoms. The van der Waals surface area contributed by atoms with Crippen molar-refractivity contribution in [2.75, 3.05) is 0 Å². The van der Waals surface area contributed by atoms with Gasteiger partial charge in [-0.1, -0.05) is 43.7 Å². The summed E-state index contributed by atoms with van der Waals surface area (Å²) in [7, 11) is 0. The molecule has 1 aromatic carbocycles. The van der Waals surface area contributed by atoms with Crippen LogP contribution in [0.2, 0.25) is 0 Å². The van der Waals surface area contributed by atoms with Gasteiger partial charge in [0, 0.05) is 18.3 Å². The lowest BCUT2D eigenvalue weighted by atomic mass is 9.88. The van der Waals surface area contributed by atoms with Crippen molar-refractivity contribution in [3.63, 3.8) is 0 Å². The number of Topliss-reactive ketones (excluding diaryl/α,β-unsaturated/α-hetero) is 1. The summed E-state index contributed by atoms with van der Waals surface area (Å²) in [6.07, 6.45) is 6.21. The number of carbonyl (C=O) groups is 1. The number of rotatable bonds is 4. The normalized spacial score (nSPS) is 24.6. The first kappa shape index (κ1) is 10.8. The Morgan fingerprint density at radius 2 is 2.06 bits per heavy atom. The van der Waals surface area contributed by atoms with Crippen LogP contribution in [0.3, 0.4) is 0 Å². The van der Waals surface area contributed by atoms with Gasteiger partial charge in [0.2, 0.25) is 0 Å². The summed E-state index contributed by atoms with van der Waals surface area (Å²) >= 11 is 0. The van der Waals surface area contributed by atoms with Crippen molar-refractivity contribution in [2.24, 2.45) is 0 Å². The second-order valence-corrected chi connectivity index (χ2v) is 5.17. The van der Waals surface area contributed by atoms with Crippen LogP contribution in [0, 0.1) is 0 Å². The van der Waals surface area contributed by atoms with E-state index >= 15 is 0 Å². The predicted octanol–water partition coefficient (Wildman–Crippen LogP) is 3.96. The quantitative estimate of drug-likeness (QED) is 0.759. The third kappa shape index (κ3) is 1.65. The number of ketones is 1. The summed E-state index contributed by atoms with van der Waals surface area (Å²) < 4.78 is 0. The zero-order valence-corrected chi connectivity index (χ0v) is 10.3. The maximum absolute atomic E-state index is 12.1. The van der Waals surface area contributed by atoms with Gasteiger partial charge in [-0.15, -0.1) is 0 Å². The Hall–Kier alpha value is -1.37. The number of hydrogen-bond donors (Lipinski definition) is 0. The second-order valence-electron chi connectivity index (χ2n) is 5.17. The molecule has 2 aliphatic rings. The van der Waals surface area contributed by atoms with Gasteiger partial charge in [0.05, 0.1) is 0 Å². The van der Waals surface area contributed by atoms with Crippen LogP contribution in [-0.4, -0.2) is 5.78 Å². The van der Waals surface area contributed by atoms with Crippen LogP contribution >= 0.6 is 0 Å². The van der Waals surface area contributed by atoms with Crippen molar-refractivity contribution in [2.45, 2.75) is 44.4 Å². The number of benzene rings is 1. The SMILES string of the molecule is CCCCC(=O)C1=CC2CC1c1ccccc12. The first-order chi connectivity index (χ1) is 8.31. The van der Waals surface area contributed by atoms with E-state index in [1.54, 1.807) is 0 Å². The van der Waals surface area contributed by atoms with Gasteiger partial charge in [-0.2, -0.15) is 0 Å². The van der Waals surface area contributed by atoms with Crippen molar-refractivity contribution >= 4 is 5.78 Å². The van der Waals surface area contributed by atoms with Gasteiger partial charge in [-0.05, 0) is 29.5 Å². The van der Waals surface area contributed by atoms with E-state index in [1.807, 2.05) is 0 Å². The van der Waals surface area contributed by atoms with Crippen LogP contribution in [0.5, 0.6) is 0 Å². The maximum Gasteiger partial charge on any atom is 0.159 e. The lowest BCUT2D eigenvalue weighted by Gasteiger charge is -2.16. The number of unbranched alkanes of at least 4 members (excludes halogenated alkanes) is 1. The Labute approximate surface area is 103 Å². The van der Waals surface area contributed by atoms with E-state index in [4.69, 9.17) is 0 Å². The molecule has 1 nitrogen and oxygen atoms in total. The van der Waals surface area contributed by atoms with Gasteiger partial charge in [0.25, 0.3) is 0 Å². The number of hydrogen-bond acceptors (Lipinski definition) is 1. The van der Waals surface area contributed by atoms with Gasteiger partial charge in [0.15, 0.2) is 5.78 Å². The van der Waals surface area contributed by atoms with Crippen LogP contribution in [-0.2, 0) is 4.79 Å². The summed E-state index contributed by atoms with van der Waals surface area (Å²) in [6, 6.07) is 8.60. The molecule has 0 saturated carbocycles. The largest absolute Gasteiger partial charge is 0.295 e. The predicted molar refractivity (Wildman–Crippen MR) is 69.2 cm³/mol. The molecular formula is C16H18O. The minimum Gasteiger partial charge on any atom is -0.295 e. The molecule has 2 aliphatic carbocycles. The van der Waals surface area contributed by atoms with Crippen molar-refractivity contribution in [3.8, 4) is 0 Å². The topological polar surface area (TPSA) is 17.1 Å². The molecule has 0 amide bonds. The fourth-order valence-electron chi connectivity index (χ4n) is 3.23. The van der Waals surface area contributed by atoms with E-state index in [1.165, 1.54) is 11.1 Å². The van der Waals surface area contributed by atoms with Gasteiger partial charge in [-0.3, -0.25) is 4.79 Å². The fourth-order valence-corrected chi connectivity index (χ4v) is 3.23. The maximum atomic E-state index is 12.1. The van der Waals surface area contributed by atoms with Gasteiger partial charge in [0.1, 0.15) is 0 Å². The molecule has 2 bridgehead atoms. The third-order valence-electron chi connectivity index (χ3n) is 4.10. The van der Waals surface area contributed by atoms with E-state index in [0.29, 0.717) is 17.6 Å². The highest BCUT2D eigenvalue weighted by Crippen LogP contribution is 2.52. The fraction of sp³-hybridized carbons (Fsp3) is 0.438. The molecule has 17 heavy (non-hydrogen) atoms. The number of carbonyl (C=O) groups excluding carboxylic acids is 1. The minimum absolute atomic E-state index is 0.383. The zero-order valence-electron chi connectivity index (χ0n) is 10.3. The molecule has 3 rings (SSSR count). The van der Waals surface area contributed by atoms with E-state index < -0.39 is 0 Å². The highest BCUT2D eigenvalue weighted by molar-refractivity contribution is 5.98. The molecule has 0 fully saturated rings. The van der Waals surface area contributed by atoms with E-state index in [9.17, 15) is 4.79 Å². The molecule has 0 heterocycles. The molecule has 0 aromatic heterocycles. The van der Waals surface area contributed by atoms with E-state index in [-0.39, 0.29) is 0 Å². The Balaban J connectivity index is 1.84. The van der Waals surface area contributed by atoms with Crippen LogP contribution < -0.4 is 0 Å². The third-order valence-corrected chi connectivity index (χ3v) is 4.10. The average Bonchev–Trinajstić information content (AvgIpc) is 2.95. The molecule has 88 valence electrons. The highest BCUT2D eigenvalue weighted by atomic mass is 16.1. The molecular weight excluding hydrogens is 208 g/mol. The summed E-state index contributed by atoms with van der Waals surface area (Å²) in [5.74, 6) is 1.30. The number of allylic oxidation sites excluding steroid dienone is 2. The van der Waals surface area contributed by atoms with E-state index in [0.717, 1.165) is 31.3 Å². The van der Waals surface area contributed by atoms with Gasteiger partial charge < -0.3 is 0 Å². The van der Waals surface area contributed by atoms with Crippen LogP contribution in [0.1, 0.15) is 55.6 Å². The molecule has 1 heteroatoms. The zero-order chi connectivity index (χ0) is 11.8. The summed E-state index contributed by atoms with van der Waals surface area (Å²) in [5, 5.41) is 0. The van der Waals surface area contributed by atoms with Gasteiger partial charge in [-0.25, -0.2) is 0 Å². The van der Waals surface area contributed by atoms with E-state index in [2.05, 4.69) is 37.3 Å². The Morgan fingerprint density at radius 1 is 1.29 bits per heavy atom. The summed E-state index contributed by atoms with van der Waals surface area (Å²) in [4.78, 5) is 12.1. The lowest BCUT2D eigenvalue weighted by Crippen LogP contribution is -2.09. The molecule has 0 saturated heterocycles. The standard InChI is InChI=1S/C16H18O/c1-2-3-8-16(17)15-10-11-9-14(15)13-7-5-4-6-12(11)13/h4-7,10-11,14H,2-3,8-9H2,1H3. The smallest absolute Gasteiger partial charge is 0.159 e. The van der Waals surface area contributed by atoms with Crippen molar-refractivity contribution in [1.82, 2.24) is 0 Å². The van der Waals surface area contributed by atoms with Crippen molar-refractivity contribution in [1.29, 1.82) is 0 Å². The van der Waals surface area contributed by atoms with Gasteiger partial charge >= 0.3 is 0 Å². The Kier molecular flexibility index (Phi) is 2.62. The average molecular weight is 226 g/mol. The monoisotopic (exact) mass is 226 g/mol. The second kappa shape index (κ2) is 4.14. The minimum atomic E-state index is 0.383. The van der Waals surface area contributed by atoms with Crippen LogP contribution in [0.25, 0.3) is 0 Å². The molecule has 0 radical (unpaired) electrons. The molecule has 0 aliphatic heterocycles. The molecule has 2 unspecified atom stereocenters. The van der Waals surface area contributed by atoms with Crippen molar-refractivity contribution < 1.29 is 4.79 Å². The summed E-state index contributed by atoms with van der Waals surface area (Å²) in [6.45, 7) is 2.14. The first-order valence-corrected chi connectivity index (χ1v) is 6.65. The highest BCUT2D eigenvalue weighted by Gasteiger charge is 2.39. The molecule has 2 atom stereocenters.